The number of fused-ring (bicyclic) bond motifs is 1. The zero-order valence-electron chi connectivity index (χ0n) is 15.8. The fourth-order valence-electron chi connectivity index (χ4n) is 2.97. The van der Waals surface area contributed by atoms with Crippen molar-refractivity contribution >= 4 is 23.2 Å². The van der Waals surface area contributed by atoms with E-state index in [0.717, 1.165) is 11.3 Å². The summed E-state index contributed by atoms with van der Waals surface area (Å²) >= 11 is 0. The second kappa shape index (κ2) is 8.32. The number of nitrogens with zero attached hydrogens (tertiary/aromatic N) is 3. The van der Waals surface area contributed by atoms with Gasteiger partial charge in [-0.25, -0.2) is 14.8 Å². The fraction of sp³-hybridized carbons (Fsp3) is 0.0909. The monoisotopic (exact) mass is 399 g/mol. The third-order valence-corrected chi connectivity index (χ3v) is 4.50. The van der Waals surface area contributed by atoms with Gasteiger partial charge < -0.3 is 20.5 Å². The number of carbonyl (C=O) groups is 1. The summed E-state index contributed by atoms with van der Waals surface area (Å²) in [6.45, 7) is 0.550. The molecule has 0 fully saturated rings. The van der Waals surface area contributed by atoms with E-state index >= 15 is 0 Å². The molecule has 3 N–H and O–H groups in total. The number of aromatic nitrogens is 2. The number of benzene rings is 2. The summed E-state index contributed by atoms with van der Waals surface area (Å²) < 4.78 is 5.74. The highest BCUT2D eigenvalue weighted by Crippen LogP contribution is 2.35. The Morgan fingerprint density at radius 1 is 1.17 bits per heavy atom. The molecule has 2 aromatic carbocycles. The van der Waals surface area contributed by atoms with Gasteiger partial charge in [0.25, 0.3) is 0 Å². The van der Waals surface area contributed by atoms with Gasteiger partial charge in [0.2, 0.25) is 11.8 Å². The number of hydrogen-bond acceptors (Lipinski definition) is 7. The van der Waals surface area contributed by atoms with Crippen molar-refractivity contribution in [2.75, 3.05) is 17.2 Å². The minimum Gasteiger partial charge on any atom is -0.478 e. The average molecular weight is 399 g/mol. The summed E-state index contributed by atoms with van der Waals surface area (Å²) in [5, 5.41) is 24.8. The van der Waals surface area contributed by atoms with Crippen LogP contribution < -0.4 is 15.4 Å². The van der Waals surface area contributed by atoms with Gasteiger partial charge >= 0.3 is 5.97 Å². The number of allylic oxidation sites excluding steroid dienone is 1. The van der Waals surface area contributed by atoms with Crippen LogP contribution in [0.25, 0.3) is 5.57 Å². The van der Waals surface area contributed by atoms with Gasteiger partial charge in [-0.3, -0.25) is 0 Å². The van der Waals surface area contributed by atoms with E-state index in [1.807, 2.05) is 24.3 Å². The van der Waals surface area contributed by atoms with E-state index in [2.05, 4.69) is 26.7 Å². The second-order valence-electron chi connectivity index (χ2n) is 6.48. The smallest absolute Gasteiger partial charge is 0.335 e. The molecule has 3 aromatic rings. The van der Waals surface area contributed by atoms with Crippen LogP contribution in [0.4, 0.5) is 11.6 Å². The Balaban J connectivity index is 1.44. The van der Waals surface area contributed by atoms with Crippen LogP contribution >= 0.6 is 0 Å². The van der Waals surface area contributed by atoms with E-state index < -0.39 is 5.97 Å². The van der Waals surface area contributed by atoms with Gasteiger partial charge in [-0.1, -0.05) is 24.3 Å². The Morgan fingerprint density at radius 2 is 1.97 bits per heavy atom. The number of para-hydroxylation sites is 2. The standard InChI is InChI=1S/C22H17N5O3/c23-13-16(20-26-18-3-1-2-4-19(18)30-20)17-10-12-25-22(27-17)24-11-9-14-5-7-15(8-6-14)21(28)29/h1-8,10,12,26H,9,11H2,(H,28,29)(H,24,25,27)/b20-16-. The lowest BCUT2D eigenvalue weighted by Crippen LogP contribution is -2.10. The van der Waals surface area contributed by atoms with Crippen LogP contribution in [0.2, 0.25) is 0 Å². The lowest BCUT2D eigenvalue weighted by molar-refractivity contribution is 0.0697. The van der Waals surface area contributed by atoms with Gasteiger partial charge in [0.05, 0.1) is 16.9 Å². The van der Waals surface area contributed by atoms with Crippen LogP contribution in [0.1, 0.15) is 21.6 Å². The first kappa shape index (κ1) is 19.0. The number of anilines is 2. The van der Waals surface area contributed by atoms with Crippen LogP contribution in [0, 0.1) is 11.3 Å². The molecule has 30 heavy (non-hydrogen) atoms. The highest BCUT2D eigenvalue weighted by molar-refractivity contribution is 5.87. The van der Waals surface area contributed by atoms with Crippen molar-refractivity contribution in [2.45, 2.75) is 6.42 Å². The molecule has 0 aliphatic carbocycles. The summed E-state index contributed by atoms with van der Waals surface area (Å²) in [6, 6.07) is 17.9. The Bertz CT molecular complexity index is 1140. The predicted octanol–water partition coefficient (Wildman–Crippen LogP) is 3.53. The zero-order valence-corrected chi connectivity index (χ0v) is 15.8. The first-order valence-corrected chi connectivity index (χ1v) is 9.22. The van der Waals surface area contributed by atoms with Crippen molar-refractivity contribution in [2.24, 2.45) is 0 Å². The Labute approximate surface area is 172 Å². The molecule has 0 bridgehead atoms. The molecule has 0 saturated carbocycles. The summed E-state index contributed by atoms with van der Waals surface area (Å²) in [6.07, 6.45) is 2.24. The highest BCUT2D eigenvalue weighted by atomic mass is 16.5. The molecule has 1 aliphatic heterocycles. The molecule has 0 radical (unpaired) electrons. The third-order valence-electron chi connectivity index (χ3n) is 4.50. The quantitative estimate of drug-likeness (QED) is 0.539. The topological polar surface area (TPSA) is 120 Å². The molecule has 148 valence electrons. The number of hydrogen-bond donors (Lipinski definition) is 3. The van der Waals surface area contributed by atoms with Gasteiger partial charge in [-0.05, 0) is 42.3 Å². The normalized spacial score (nSPS) is 13.4. The predicted molar refractivity (Wildman–Crippen MR) is 111 cm³/mol. The molecule has 1 aromatic heterocycles. The molecule has 0 unspecified atom stereocenters. The van der Waals surface area contributed by atoms with Gasteiger partial charge in [0, 0.05) is 12.7 Å². The number of aromatic carboxylic acids is 1. The Morgan fingerprint density at radius 3 is 2.70 bits per heavy atom. The molecule has 2 heterocycles. The Hall–Kier alpha value is -4.38. The SMILES string of the molecule is N#C/C(=C1\Nc2ccccc2O1)c1ccnc(NCCc2ccc(C(=O)O)cc2)n1. The van der Waals surface area contributed by atoms with Crippen LogP contribution in [-0.2, 0) is 6.42 Å². The zero-order chi connectivity index (χ0) is 20.9. The maximum Gasteiger partial charge on any atom is 0.335 e. The van der Waals surface area contributed by atoms with Gasteiger partial charge in [0.15, 0.2) is 5.75 Å². The van der Waals surface area contributed by atoms with Crippen molar-refractivity contribution in [3.8, 4) is 11.8 Å². The van der Waals surface area contributed by atoms with Crippen molar-refractivity contribution < 1.29 is 14.6 Å². The second-order valence-corrected chi connectivity index (χ2v) is 6.48. The van der Waals surface area contributed by atoms with E-state index in [1.165, 1.54) is 0 Å². The van der Waals surface area contributed by atoms with Gasteiger partial charge in [-0.15, -0.1) is 0 Å². The van der Waals surface area contributed by atoms with Crippen molar-refractivity contribution in [3.05, 3.63) is 83.5 Å². The molecule has 0 atom stereocenters. The maximum absolute atomic E-state index is 10.9. The number of carboxylic acid groups (broad SMARTS) is 1. The number of carboxylic acids is 1. The molecule has 8 nitrogen and oxygen atoms in total. The molecule has 4 rings (SSSR count). The van der Waals surface area contributed by atoms with Crippen molar-refractivity contribution in [1.29, 1.82) is 5.26 Å². The van der Waals surface area contributed by atoms with E-state index in [1.54, 1.807) is 36.5 Å². The van der Waals surface area contributed by atoms with Gasteiger partial charge in [-0.2, -0.15) is 5.26 Å². The number of rotatable bonds is 6. The largest absolute Gasteiger partial charge is 0.478 e. The van der Waals surface area contributed by atoms with E-state index in [-0.39, 0.29) is 11.1 Å². The molecule has 0 amide bonds. The van der Waals surface area contributed by atoms with Crippen LogP contribution in [-0.4, -0.2) is 27.6 Å². The summed E-state index contributed by atoms with van der Waals surface area (Å²) in [5.41, 5.74) is 2.76. The Kier molecular flexibility index (Phi) is 5.26. The van der Waals surface area contributed by atoms with Gasteiger partial charge in [0.1, 0.15) is 11.6 Å². The van der Waals surface area contributed by atoms with Crippen molar-refractivity contribution in [3.63, 3.8) is 0 Å². The van der Waals surface area contributed by atoms with E-state index in [4.69, 9.17) is 9.84 Å². The molecule has 8 heteroatoms. The van der Waals surface area contributed by atoms with Crippen molar-refractivity contribution in [1.82, 2.24) is 9.97 Å². The lowest BCUT2D eigenvalue weighted by atomic mass is 10.1. The molecular weight excluding hydrogens is 382 g/mol. The van der Waals surface area contributed by atoms with E-state index in [0.29, 0.717) is 36.2 Å². The first-order valence-electron chi connectivity index (χ1n) is 9.22. The summed E-state index contributed by atoms with van der Waals surface area (Å²) in [7, 11) is 0. The minimum atomic E-state index is -0.948. The number of nitrogens with one attached hydrogen (secondary N) is 2. The minimum absolute atomic E-state index is 0.254. The van der Waals surface area contributed by atoms with Crippen LogP contribution in [0.15, 0.2) is 66.7 Å². The number of ether oxygens (including phenoxy) is 1. The maximum atomic E-state index is 10.9. The average Bonchev–Trinajstić information content (AvgIpc) is 3.19. The lowest BCUT2D eigenvalue weighted by Gasteiger charge is -2.08. The fourth-order valence-corrected chi connectivity index (χ4v) is 2.97. The third kappa shape index (κ3) is 4.05. The first-order chi connectivity index (χ1) is 14.6. The number of nitriles is 1. The van der Waals surface area contributed by atoms with Crippen LogP contribution in [0.5, 0.6) is 5.75 Å². The van der Waals surface area contributed by atoms with Crippen LogP contribution in [0.3, 0.4) is 0 Å². The molecule has 0 spiro atoms. The molecule has 1 aliphatic rings. The summed E-state index contributed by atoms with van der Waals surface area (Å²) in [4.78, 5) is 19.5. The van der Waals surface area contributed by atoms with E-state index in [9.17, 15) is 10.1 Å². The molecule has 0 saturated heterocycles. The highest BCUT2D eigenvalue weighted by Gasteiger charge is 2.21. The molecular formula is C22H17N5O3. The summed E-state index contributed by atoms with van der Waals surface area (Å²) in [5.74, 6) is 0.429.